The fourth-order valence-electron chi connectivity index (χ4n) is 7.75. The molecule has 1 atom stereocenters. The first kappa shape index (κ1) is 176. The van der Waals surface area contributed by atoms with Gasteiger partial charge in [-0.2, -0.15) is 55.7 Å². The molecule has 0 aromatic carbocycles. The zero-order valence-corrected chi connectivity index (χ0v) is 106. The number of sulfone groups is 1. The summed E-state index contributed by atoms with van der Waals surface area (Å²) in [6.07, 6.45) is -3.80. The molecule has 2 aliphatic rings. The average molecular weight is 2130 g/mol. The first-order valence-corrected chi connectivity index (χ1v) is 56.1. The summed E-state index contributed by atoms with van der Waals surface area (Å²) < 4.78 is 221. The molecule has 30 heteroatoms. The van der Waals surface area contributed by atoms with E-state index in [0.717, 1.165) is 107 Å². The Morgan fingerprint density at radius 1 is 0.454 bits per heavy atom. The molecule has 0 radical (unpaired) electrons. The minimum atomic E-state index is -5.41. The predicted octanol–water partition coefficient (Wildman–Crippen LogP) is 34.8. The molecule has 141 heavy (non-hydrogen) atoms. The third-order valence-corrected chi connectivity index (χ3v) is 16.5. The smallest absolute Gasteiger partial charge is 0.382 e. The SMILES string of the molecule is CC(C)C.CC(C)CN.CC(C)CN(C)C.CC(C)CN1CCC1.CC(C)OC(C(F)(F)F)C(F)(F)F.CC(C)OC(C)(C)C.CC(C)OC(C)(F)F.CC(C)OC(C)(F)F.CC(C)OC(C)C.CC(C)OC(C)F.CC(C)OC1CC1.CC(C)S(C)(=O)=O.CCC(C)C.CCCC(C)C.CCCCC(C)C.CCCOC(C)C.CCOC(C)C.CNCC(C)C.COC(C)C.CSC(C)C.[2H]C([2H])([2H])OC(C)C. The predicted molar refractivity (Wildman–Crippen MR) is 602 cm³/mol. The number of rotatable bonds is 35. The molecule has 3 N–H and O–H groups in total. The number of methoxy groups -OCH3 is 2. The minimum Gasteiger partial charge on any atom is -0.382 e. The lowest BCUT2D eigenvalue weighted by atomic mass is 10.1. The van der Waals surface area contributed by atoms with Crippen LogP contribution >= 0.6 is 11.8 Å². The first-order chi connectivity index (χ1) is 64.3. The summed E-state index contributed by atoms with van der Waals surface area (Å²) in [6.45, 7) is 118. The number of halogens is 11. The summed E-state index contributed by atoms with van der Waals surface area (Å²) in [4.78, 5) is 4.70. The van der Waals surface area contributed by atoms with E-state index >= 15 is 0 Å². The number of unbranched alkanes of at least 4 members (excludes halogenated alkanes) is 1. The summed E-state index contributed by atoms with van der Waals surface area (Å²) >= 11 is 1.88. The molecular formula is C111H253F11N4O13S2. The van der Waals surface area contributed by atoms with Gasteiger partial charge in [0.2, 0.25) is 6.10 Å². The highest BCUT2D eigenvalue weighted by Crippen LogP contribution is 2.36. The molecule has 0 bridgehead atoms. The van der Waals surface area contributed by atoms with E-state index < -0.39 is 72.2 Å². The maximum absolute atomic E-state index is 11.8. The molecule has 1 aliphatic carbocycles. The van der Waals surface area contributed by atoms with E-state index in [-0.39, 0.29) is 23.1 Å². The van der Waals surface area contributed by atoms with Crippen LogP contribution in [0.15, 0.2) is 0 Å². The van der Waals surface area contributed by atoms with Crippen molar-refractivity contribution in [1.29, 1.82) is 0 Å². The van der Waals surface area contributed by atoms with Crippen LogP contribution < -0.4 is 11.1 Å². The van der Waals surface area contributed by atoms with Gasteiger partial charge in [0.05, 0.1) is 94.3 Å². The maximum Gasteiger partial charge on any atom is 0.423 e. The highest BCUT2D eigenvalue weighted by Gasteiger charge is 2.58. The number of nitrogens with zero attached hydrogens (tertiary/aromatic N) is 2. The van der Waals surface area contributed by atoms with E-state index in [1.807, 2.05) is 95.0 Å². The monoisotopic (exact) mass is 2130 g/mol. The molecule has 1 unspecified atom stereocenters. The Bertz CT molecular complexity index is 2200. The van der Waals surface area contributed by atoms with E-state index in [1.54, 1.807) is 76.3 Å². The Labute approximate surface area is 882 Å². The van der Waals surface area contributed by atoms with Gasteiger partial charge in [-0.15, -0.1) is 0 Å². The molecule has 1 heterocycles. The molecule has 2 fully saturated rings. The van der Waals surface area contributed by atoms with Crippen LogP contribution in [0.2, 0.25) is 0 Å². The standard InChI is InChI=1S/C7H15N.C7H16O.C7H16.C6H8F6O.C6H15N.C6H12O.2C6H14O.C6H14.2C5H10F2O.C5H11FO.C5H13N.C5H12O.C5H12.C4H11N.C4H10O2S.2C4H10O.C4H10S.C4H10/c1-7(2)6-8-4-3-5-8;1-6(2)8-7(3,4)5;1-4-5-6-7(2)3;1-3(2)13-4(5(7,8)9)6(10,11)12;1-6(2)5-7(3)4;1-5(2)7-6-3-4-6;1-5(2)7-6(3)4;1-4-5-7-6(2)3;1-4-5-6(2)3;2*1-4(2)8-5(3,6)7;1-4(2)7-5(3)6;1-5(2)4-6-3;1-4-6-5(2)3;1-4-5(2)3;1-4(2)3-5;1-4(2)7(3,5)6;3*1-4(2)5-3;1-4(2)3/h7H,3-6H2,1-2H3;6H,1-5H3;7H,4-6H2,1-3H3;3-4H,1-2H3;6H,5H2,1-4H3;5-6H,3-4H2,1-2H3;5-6H,1-4H3;6H,4-5H2,1-3H3;6H,4-5H2,1-3H3;2*4H,1-3H3;4-5H,1-3H3;5-6H,4H2,1-3H3;5H,4H2,1-3H3;5H,4H2,1-3H3;4H,3,5H2,1-2H3;4H,1-3H3;3*4H,1-3H3;4H,1-3H3/i;;;;;;;;;;;;;;;;;3D3;;;. The normalized spacial score (nSPS) is 12.9. The lowest BCUT2D eigenvalue weighted by Gasteiger charge is -2.31. The van der Waals surface area contributed by atoms with Crippen molar-refractivity contribution in [3.8, 4) is 0 Å². The Balaban J connectivity index is -0.0000000673. The van der Waals surface area contributed by atoms with Gasteiger partial charge in [-0.05, 0) is 353 Å². The molecule has 1 saturated carbocycles. The number of ether oxygens (including phenoxy) is 11. The molecule has 1 aliphatic heterocycles. The van der Waals surface area contributed by atoms with Crippen LogP contribution in [0.25, 0.3) is 0 Å². The second-order valence-electron chi connectivity index (χ2n) is 42.8. The summed E-state index contributed by atoms with van der Waals surface area (Å²) in [5.74, 6) is 6.63. The van der Waals surface area contributed by atoms with Crippen molar-refractivity contribution in [3.05, 3.63) is 0 Å². The maximum atomic E-state index is 11.8. The quantitative estimate of drug-likeness (QED) is 0.0572. The van der Waals surface area contributed by atoms with Crippen molar-refractivity contribution >= 4 is 21.6 Å². The third-order valence-electron chi connectivity index (χ3n) is 13.9. The summed E-state index contributed by atoms with van der Waals surface area (Å²) in [7, 11) is 2.90. The number of hydrogen-bond donors (Lipinski definition) is 2. The van der Waals surface area contributed by atoms with E-state index in [1.165, 1.54) is 97.1 Å². The molecular weight excluding hydrogens is 1870 g/mol. The second-order valence-corrected chi connectivity index (χ2v) is 46.8. The van der Waals surface area contributed by atoms with Gasteiger partial charge in [-0.3, -0.25) is 0 Å². The molecule has 17 nitrogen and oxygen atoms in total. The van der Waals surface area contributed by atoms with Gasteiger partial charge in [0.15, 0.2) is 6.36 Å². The van der Waals surface area contributed by atoms with Crippen molar-refractivity contribution in [1.82, 2.24) is 15.1 Å². The molecule has 884 valence electrons. The lowest BCUT2D eigenvalue weighted by molar-refractivity contribution is -0.328. The fraction of sp³-hybridized carbons (Fsp3) is 1.00. The Kier molecular flexibility index (Phi) is 153. The van der Waals surface area contributed by atoms with Crippen LogP contribution in [0, 0.1) is 47.3 Å². The van der Waals surface area contributed by atoms with Gasteiger partial charge in [0.1, 0.15) is 9.84 Å². The van der Waals surface area contributed by atoms with E-state index in [9.17, 15) is 56.7 Å². The van der Waals surface area contributed by atoms with Crippen LogP contribution in [0.4, 0.5) is 48.3 Å². The zero-order chi connectivity index (χ0) is 120. The Morgan fingerprint density at radius 3 is 0.823 bits per heavy atom. The van der Waals surface area contributed by atoms with Crippen LogP contribution in [-0.4, -0.2) is 251 Å². The molecule has 1 saturated heterocycles. The van der Waals surface area contributed by atoms with Crippen molar-refractivity contribution in [3.63, 3.8) is 0 Å². The van der Waals surface area contributed by atoms with Crippen LogP contribution in [0.5, 0.6) is 0 Å². The van der Waals surface area contributed by atoms with Crippen LogP contribution in [0.3, 0.4) is 0 Å². The number of thioether (sulfide) groups is 1. The molecule has 0 amide bonds. The summed E-state index contributed by atoms with van der Waals surface area (Å²) in [5.41, 5.74) is 5.19. The van der Waals surface area contributed by atoms with Gasteiger partial charge in [-0.1, -0.05) is 198 Å². The molecule has 0 aromatic heterocycles. The van der Waals surface area contributed by atoms with Crippen molar-refractivity contribution in [2.75, 3.05) is 100 Å². The largest absolute Gasteiger partial charge is 0.423 e. The number of nitrogens with one attached hydrogen (secondary N) is 1. The zero-order valence-electron chi connectivity index (χ0n) is 107. The lowest BCUT2D eigenvalue weighted by Crippen LogP contribution is -2.45. The number of alkyl halides is 11. The van der Waals surface area contributed by atoms with Crippen LogP contribution in [-0.2, 0) is 61.9 Å². The van der Waals surface area contributed by atoms with Gasteiger partial charge in [0, 0.05) is 54.0 Å². The van der Waals surface area contributed by atoms with Crippen molar-refractivity contribution in [2.24, 2.45) is 53.1 Å². The Hall–Kier alpha value is -1.07. The fourth-order valence-corrected chi connectivity index (χ4v) is 7.75. The highest BCUT2D eigenvalue weighted by atomic mass is 32.2. The summed E-state index contributed by atoms with van der Waals surface area (Å²) in [5, 5.41) is 3.64. The first-order valence-electron chi connectivity index (χ1n) is 54.3. The van der Waals surface area contributed by atoms with Gasteiger partial charge in [0.25, 0.3) is 0 Å². The van der Waals surface area contributed by atoms with Gasteiger partial charge < -0.3 is 73.0 Å². The van der Waals surface area contributed by atoms with E-state index in [2.05, 4.69) is 267 Å². The number of nitrogens with two attached hydrogens (primary N) is 1. The van der Waals surface area contributed by atoms with E-state index in [4.69, 9.17) is 38.3 Å². The third kappa shape index (κ3) is 308. The molecule has 2 rings (SSSR count). The molecule has 0 aromatic rings. The second kappa shape index (κ2) is 122. The van der Waals surface area contributed by atoms with Crippen molar-refractivity contribution in [2.45, 2.75) is 584 Å². The number of likely N-dealkylation sites (tertiary alicyclic amines) is 1. The topological polar surface area (TPSA) is 180 Å². The molecule has 0 spiro atoms. The van der Waals surface area contributed by atoms with Gasteiger partial charge in [-0.25, -0.2) is 12.8 Å². The van der Waals surface area contributed by atoms with Crippen LogP contribution in [0.1, 0.15) is 456 Å². The van der Waals surface area contributed by atoms with E-state index in [0.29, 0.717) is 54.7 Å². The highest BCUT2D eigenvalue weighted by molar-refractivity contribution is 7.99. The minimum absolute atomic E-state index is 0.000000000000000222. The van der Waals surface area contributed by atoms with Gasteiger partial charge >= 0.3 is 24.6 Å². The van der Waals surface area contributed by atoms with Crippen molar-refractivity contribution < 1.29 is 113 Å². The summed E-state index contributed by atoms with van der Waals surface area (Å²) in [6, 6.07) is 0. The number of hydrogen-bond acceptors (Lipinski definition) is 18. The average Bonchev–Trinajstić information content (AvgIpc) is 1.27. The Morgan fingerprint density at radius 2 is 0.787 bits per heavy atom.